The SMILES string of the molecule is CNc1ncc([N+](=O)[O-])c(-c2ccn(C)n2)n1. The van der Waals surface area contributed by atoms with Crippen LogP contribution < -0.4 is 5.32 Å². The van der Waals surface area contributed by atoms with E-state index < -0.39 is 4.92 Å². The standard InChI is InChI=1S/C9H10N6O2/c1-10-9-11-5-7(15(16)17)8(12-9)6-3-4-14(2)13-6/h3-5H,1-2H3,(H,10,11,12). The third-order valence-corrected chi connectivity index (χ3v) is 2.15. The van der Waals surface area contributed by atoms with Gasteiger partial charge in [-0.2, -0.15) is 5.10 Å². The van der Waals surface area contributed by atoms with Crippen molar-refractivity contribution < 1.29 is 4.92 Å². The summed E-state index contributed by atoms with van der Waals surface area (Å²) in [7, 11) is 3.37. The van der Waals surface area contributed by atoms with Crippen LogP contribution in [0.1, 0.15) is 0 Å². The van der Waals surface area contributed by atoms with E-state index in [1.165, 1.54) is 6.20 Å². The van der Waals surface area contributed by atoms with Crippen molar-refractivity contribution >= 4 is 11.6 Å². The van der Waals surface area contributed by atoms with Crippen LogP contribution in [-0.4, -0.2) is 31.7 Å². The molecule has 2 rings (SSSR count). The number of nitro groups is 1. The monoisotopic (exact) mass is 234 g/mol. The molecule has 1 N–H and O–H groups in total. The van der Waals surface area contributed by atoms with Gasteiger partial charge in [-0.15, -0.1) is 0 Å². The Morgan fingerprint density at radius 3 is 2.82 bits per heavy atom. The van der Waals surface area contributed by atoms with Crippen LogP contribution in [0.5, 0.6) is 0 Å². The summed E-state index contributed by atoms with van der Waals surface area (Å²) in [5, 5.41) is 17.7. The van der Waals surface area contributed by atoms with Crippen molar-refractivity contribution in [1.29, 1.82) is 0 Å². The van der Waals surface area contributed by atoms with E-state index in [1.807, 2.05) is 0 Å². The number of nitrogens with zero attached hydrogens (tertiary/aromatic N) is 5. The van der Waals surface area contributed by atoms with Crippen LogP contribution in [0.2, 0.25) is 0 Å². The molecule has 2 heterocycles. The molecule has 2 aromatic heterocycles. The summed E-state index contributed by atoms with van der Waals surface area (Å²) in [6, 6.07) is 1.66. The summed E-state index contributed by atoms with van der Waals surface area (Å²) in [4.78, 5) is 18.2. The highest BCUT2D eigenvalue weighted by atomic mass is 16.6. The van der Waals surface area contributed by atoms with E-state index in [0.717, 1.165) is 0 Å². The molecule has 0 aliphatic heterocycles. The number of hydrogen-bond acceptors (Lipinski definition) is 6. The average Bonchev–Trinajstić information content (AvgIpc) is 2.75. The molecule has 0 unspecified atom stereocenters. The second-order valence-corrected chi connectivity index (χ2v) is 3.31. The molecule has 0 bridgehead atoms. The first-order chi connectivity index (χ1) is 8.11. The highest BCUT2D eigenvalue weighted by Gasteiger charge is 2.20. The van der Waals surface area contributed by atoms with Crippen LogP contribution in [0.3, 0.4) is 0 Å². The van der Waals surface area contributed by atoms with Gasteiger partial charge in [0.05, 0.1) is 4.92 Å². The van der Waals surface area contributed by atoms with Gasteiger partial charge in [0.2, 0.25) is 5.95 Å². The van der Waals surface area contributed by atoms with Gasteiger partial charge in [0.1, 0.15) is 11.9 Å². The first kappa shape index (κ1) is 11.0. The number of nitrogens with one attached hydrogen (secondary N) is 1. The second-order valence-electron chi connectivity index (χ2n) is 3.31. The quantitative estimate of drug-likeness (QED) is 0.623. The first-order valence-corrected chi connectivity index (χ1v) is 4.81. The molecule has 0 atom stereocenters. The summed E-state index contributed by atoms with van der Waals surface area (Å²) in [5.74, 6) is 0.316. The number of aromatic nitrogens is 4. The molecule has 0 amide bonds. The van der Waals surface area contributed by atoms with Gasteiger partial charge in [-0.3, -0.25) is 14.8 Å². The molecule has 17 heavy (non-hydrogen) atoms. The lowest BCUT2D eigenvalue weighted by Gasteiger charge is -2.01. The zero-order valence-electron chi connectivity index (χ0n) is 9.28. The Balaban J connectivity index is 2.60. The van der Waals surface area contributed by atoms with Crippen LogP contribution in [0, 0.1) is 10.1 Å². The van der Waals surface area contributed by atoms with Crippen LogP contribution in [0.25, 0.3) is 11.4 Å². The van der Waals surface area contributed by atoms with Gasteiger partial charge in [-0.1, -0.05) is 0 Å². The average molecular weight is 234 g/mol. The van der Waals surface area contributed by atoms with Crippen molar-refractivity contribution in [2.75, 3.05) is 12.4 Å². The maximum absolute atomic E-state index is 10.9. The molecule has 0 aliphatic carbocycles. The maximum atomic E-state index is 10.9. The van der Waals surface area contributed by atoms with Gasteiger partial charge < -0.3 is 5.32 Å². The van der Waals surface area contributed by atoms with Gasteiger partial charge in [0, 0.05) is 20.3 Å². The van der Waals surface area contributed by atoms with E-state index in [-0.39, 0.29) is 11.4 Å². The van der Waals surface area contributed by atoms with E-state index in [2.05, 4.69) is 20.4 Å². The van der Waals surface area contributed by atoms with Crippen molar-refractivity contribution in [2.45, 2.75) is 0 Å². The summed E-state index contributed by atoms with van der Waals surface area (Å²) >= 11 is 0. The lowest BCUT2D eigenvalue weighted by molar-refractivity contribution is -0.384. The van der Waals surface area contributed by atoms with Crippen molar-refractivity contribution in [2.24, 2.45) is 7.05 Å². The molecule has 0 spiro atoms. The Morgan fingerprint density at radius 1 is 1.53 bits per heavy atom. The fourth-order valence-corrected chi connectivity index (χ4v) is 1.36. The van der Waals surface area contributed by atoms with Crippen molar-refractivity contribution in [3.05, 3.63) is 28.6 Å². The van der Waals surface area contributed by atoms with Gasteiger partial charge in [0.15, 0.2) is 5.69 Å². The lowest BCUT2D eigenvalue weighted by atomic mass is 10.2. The molecule has 0 aliphatic rings. The summed E-state index contributed by atoms with van der Waals surface area (Å²) in [6.45, 7) is 0. The molecular weight excluding hydrogens is 224 g/mol. The Hall–Kier alpha value is -2.51. The van der Waals surface area contributed by atoms with E-state index >= 15 is 0 Å². The zero-order chi connectivity index (χ0) is 12.4. The molecule has 2 aromatic rings. The smallest absolute Gasteiger partial charge is 0.315 e. The second kappa shape index (κ2) is 4.16. The van der Waals surface area contributed by atoms with Crippen molar-refractivity contribution in [3.8, 4) is 11.4 Å². The number of anilines is 1. The summed E-state index contributed by atoms with van der Waals surface area (Å²) < 4.78 is 1.56. The highest BCUT2D eigenvalue weighted by Crippen LogP contribution is 2.26. The van der Waals surface area contributed by atoms with Crippen LogP contribution in [0.15, 0.2) is 18.5 Å². The van der Waals surface area contributed by atoms with Crippen LogP contribution in [-0.2, 0) is 7.05 Å². The fourth-order valence-electron chi connectivity index (χ4n) is 1.36. The van der Waals surface area contributed by atoms with E-state index in [1.54, 1.807) is 31.0 Å². The lowest BCUT2D eigenvalue weighted by Crippen LogP contribution is -2.02. The topological polar surface area (TPSA) is 98.8 Å². The summed E-state index contributed by atoms with van der Waals surface area (Å²) in [5.41, 5.74) is 0.482. The Labute approximate surface area is 96.5 Å². The van der Waals surface area contributed by atoms with E-state index in [4.69, 9.17) is 0 Å². The van der Waals surface area contributed by atoms with Gasteiger partial charge in [0.25, 0.3) is 0 Å². The molecule has 88 valence electrons. The van der Waals surface area contributed by atoms with Gasteiger partial charge in [-0.25, -0.2) is 9.97 Å². The number of rotatable bonds is 3. The molecule has 0 fully saturated rings. The molecule has 0 saturated carbocycles. The Kier molecular flexibility index (Phi) is 2.69. The Morgan fingerprint density at radius 2 is 2.29 bits per heavy atom. The minimum absolute atomic E-state index is 0.164. The fraction of sp³-hybridized carbons (Fsp3) is 0.222. The highest BCUT2D eigenvalue weighted by molar-refractivity contribution is 5.66. The van der Waals surface area contributed by atoms with Crippen LogP contribution >= 0.6 is 0 Å². The van der Waals surface area contributed by atoms with Crippen molar-refractivity contribution in [1.82, 2.24) is 19.7 Å². The van der Waals surface area contributed by atoms with Crippen molar-refractivity contribution in [3.63, 3.8) is 0 Å². The van der Waals surface area contributed by atoms with Gasteiger partial charge in [-0.05, 0) is 6.07 Å². The summed E-state index contributed by atoms with van der Waals surface area (Å²) in [6.07, 6.45) is 2.86. The normalized spacial score (nSPS) is 10.2. The third-order valence-electron chi connectivity index (χ3n) is 2.15. The van der Waals surface area contributed by atoms with E-state index in [9.17, 15) is 10.1 Å². The van der Waals surface area contributed by atoms with E-state index in [0.29, 0.717) is 11.6 Å². The molecule has 8 heteroatoms. The molecule has 8 nitrogen and oxygen atoms in total. The number of hydrogen-bond donors (Lipinski definition) is 1. The molecule has 0 aromatic carbocycles. The zero-order valence-corrected chi connectivity index (χ0v) is 9.28. The third kappa shape index (κ3) is 2.05. The molecule has 0 radical (unpaired) electrons. The molecular formula is C9H10N6O2. The minimum atomic E-state index is -0.524. The predicted octanol–water partition coefficient (Wildman–Crippen LogP) is 0.827. The van der Waals surface area contributed by atoms with Crippen LogP contribution in [0.4, 0.5) is 11.6 Å². The maximum Gasteiger partial charge on any atom is 0.315 e. The Bertz CT molecular complexity index is 564. The largest absolute Gasteiger partial charge is 0.357 e. The van der Waals surface area contributed by atoms with Gasteiger partial charge >= 0.3 is 5.69 Å². The molecule has 0 saturated heterocycles. The first-order valence-electron chi connectivity index (χ1n) is 4.81. The number of aryl methyl sites for hydroxylation is 1. The minimum Gasteiger partial charge on any atom is -0.357 e. The predicted molar refractivity (Wildman–Crippen MR) is 60.4 cm³/mol.